The van der Waals surface area contributed by atoms with Crippen LogP contribution in [0.4, 0.5) is 5.69 Å². The van der Waals surface area contributed by atoms with Gasteiger partial charge < -0.3 is 0 Å². The SMILES string of the molecule is O=[N+]([O-])c1ccc(CN2CCN(S(=O)(=O)/C=C/c3ccccc3)CC2)cc1. The van der Waals surface area contributed by atoms with Gasteiger partial charge in [-0.2, -0.15) is 4.31 Å². The van der Waals surface area contributed by atoms with Gasteiger partial charge >= 0.3 is 0 Å². The third kappa shape index (κ3) is 5.22. The van der Waals surface area contributed by atoms with Crippen molar-refractivity contribution in [1.82, 2.24) is 9.21 Å². The van der Waals surface area contributed by atoms with Crippen molar-refractivity contribution in [2.24, 2.45) is 0 Å². The first-order valence-corrected chi connectivity index (χ1v) is 10.1. The fraction of sp³-hybridized carbons (Fsp3) is 0.263. The van der Waals surface area contributed by atoms with Crippen molar-refractivity contribution >= 4 is 21.8 Å². The van der Waals surface area contributed by atoms with Crippen LogP contribution in [-0.2, 0) is 16.6 Å². The van der Waals surface area contributed by atoms with E-state index in [9.17, 15) is 18.5 Å². The minimum atomic E-state index is -3.44. The number of nitro benzene ring substituents is 1. The van der Waals surface area contributed by atoms with Crippen LogP contribution < -0.4 is 0 Å². The van der Waals surface area contributed by atoms with E-state index in [0.717, 1.165) is 11.1 Å². The van der Waals surface area contributed by atoms with E-state index in [-0.39, 0.29) is 5.69 Å². The van der Waals surface area contributed by atoms with Gasteiger partial charge in [0.05, 0.1) is 4.92 Å². The first-order valence-electron chi connectivity index (χ1n) is 8.63. The second-order valence-corrected chi connectivity index (χ2v) is 8.18. The Morgan fingerprint density at radius 3 is 2.19 bits per heavy atom. The summed E-state index contributed by atoms with van der Waals surface area (Å²) in [6.07, 6.45) is 1.61. The summed E-state index contributed by atoms with van der Waals surface area (Å²) in [5.41, 5.74) is 1.89. The van der Waals surface area contributed by atoms with Crippen LogP contribution in [0.5, 0.6) is 0 Å². The van der Waals surface area contributed by atoms with E-state index in [2.05, 4.69) is 4.90 Å². The molecule has 8 heteroatoms. The van der Waals surface area contributed by atoms with Crippen LogP contribution in [0.3, 0.4) is 0 Å². The topological polar surface area (TPSA) is 83.8 Å². The van der Waals surface area contributed by atoms with Crippen LogP contribution in [0, 0.1) is 10.1 Å². The average molecular weight is 387 g/mol. The highest BCUT2D eigenvalue weighted by Crippen LogP contribution is 2.16. The van der Waals surface area contributed by atoms with E-state index >= 15 is 0 Å². The zero-order valence-electron chi connectivity index (χ0n) is 14.8. The molecule has 0 saturated carbocycles. The third-order valence-corrected chi connectivity index (χ3v) is 6.04. The lowest BCUT2D eigenvalue weighted by molar-refractivity contribution is -0.384. The summed E-state index contributed by atoms with van der Waals surface area (Å²) in [6.45, 7) is 2.74. The first kappa shape index (κ1) is 19.2. The van der Waals surface area contributed by atoms with Crippen molar-refractivity contribution in [3.05, 3.63) is 81.2 Å². The van der Waals surface area contributed by atoms with Gasteiger partial charge in [0, 0.05) is 50.3 Å². The molecule has 0 aromatic heterocycles. The van der Waals surface area contributed by atoms with Gasteiger partial charge in [0.25, 0.3) is 5.69 Å². The van der Waals surface area contributed by atoms with E-state index < -0.39 is 14.9 Å². The zero-order chi connectivity index (χ0) is 19.3. The lowest BCUT2D eigenvalue weighted by Crippen LogP contribution is -2.47. The van der Waals surface area contributed by atoms with E-state index in [1.807, 2.05) is 30.3 Å². The molecule has 3 rings (SSSR count). The van der Waals surface area contributed by atoms with Crippen LogP contribution in [-0.4, -0.2) is 48.7 Å². The molecule has 7 nitrogen and oxygen atoms in total. The van der Waals surface area contributed by atoms with Crippen molar-refractivity contribution in [3.8, 4) is 0 Å². The van der Waals surface area contributed by atoms with Crippen LogP contribution in [0.25, 0.3) is 6.08 Å². The molecule has 0 bridgehead atoms. The summed E-state index contributed by atoms with van der Waals surface area (Å²) in [5, 5.41) is 12.0. The minimum Gasteiger partial charge on any atom is -0.296 e. The van der Waals surface area contributed by atoms with Gasteiger partial charge in [-0.3, -0.25) is 15.0 Å². The number of benzene rings is 2. The summed E-state index contributed by atoms with van der Waals surface area (Å²) < 4.78 is 26.4. The molecule has 1 heterocycles. The summed E-state index contributed by atoms with van der Waals surface area (Å²) in [5.74, 6) is 0. The highest BCUT2D eigenvalue weighted by atomic mass is 32.2. The Kier molecular flexibility index (Phi) is 6.00. The van der Waals surface area contributed by atoms with Crippen molar-refractivity contribution in [2.75, 3.05) is 26.2 Å². The summed E-state index contributed by atoms with van der Waals surface area (Å²) in [7, 11) is -3.44. The van der Waals surface area contributed by atoms with E-state index in [1.165, 1.54) is 21.8 Å². The molecule has 1 aliphatic rings. The predicted octanol–water partition coefficient (Wildman–Crippen LogP) is 2.71. The maximum Gasteiger partial charge on any atom is 0.269 e. The average Bonchev–Trinajstić information content (AvgIpc) is 2.68. The molecule has 2 aromatic carbocycles. The number of nitrogens with zero attached hydrogens (tertiary/aromatic N) is 3. The molecule has 142 valence electrons. The molecule has 0 unspecified atom stereocenters. The molecule has 1 fully saturated rings. The highest BCUT2D eigenvalue weighted by Gasteiger charge is 2.25. The normalized spacial score (nSPS) is 16.6. The molecule has 0 atom stereocenters. The number of sulfonamides is 1. The zero-order valence-corrected chi connectivity index (χ0v) is 15.6. The second-order valence-electron chi connectivity index (χ2n) is 6.36. The predicted molar refractivity (Wildman–Crippen MR) is 104 cm³/mol. The molecule has 0 aliphatic carbocycles. The second kappa shape index (κ2) is 8.43. The maximum atomic E-state index is 12.5. The van der Waals surface area contributed by atoms with Gasteiger partial charge in [-0.1, -0.05) is 42.5 Å². The van der Waals surface area contributed by atoms with Crippen molar-refractivity contribution < 1.29 is 13.3 Å². The summed E-state index contributed by atoms with van der Waals surface area (Å²) in [4.78, 5) is 12.4. The lowest BCUT2D eigenvalue weighted by Gasteiger charge is -2.33. The Hall–Kier alpha value is -2.55. The largest absolute Gasteiger partial charge is 0.296 e. The highest BCUT2D eigenvalue weighted by molar-refractivity contribution is 7.92. The number of hydrogen-bond acceptors (Lipinski definition) is 5. The van der Waals surface area contributed by atoms with Crippen molar-refractivity contribution in [1.29, 1.82) is 0 Å². The van der Waals surface area contributed by atoms with Gasteiger partial charge in [-0.05, 0) is 17.2 Å². The number of hydrogen-bond donors (Lipinski definition) is 0. The molecule has 0 spiro atoms. The fourth-order valence-corrected chi connectivity index (χ4v) is 4.11. The lowest BCUT2D eigenvalue weighted by atomic mass is 10.2. The number of rotatable bonds is 6. The van der Waals surface area contributed by atoms with Crippen LogP contribution >= 0.6 is 0 Å². The standard InChI is InChI=1S/C19H21N3O4S/c23-22(24)19-8-6-18(7-9-19)16-20-11-13-21(14-12-20)27(25,26)15-10-17-4-2-1-3-5-17/h1-10,15H,11-14,16H2/b15-10+. The van der Waals surface area contributed by atoms with Gasteiger partial charge in [0.1, 0.15) is 0 Å². The monoisotopic (exact) mass is 387 g/mol. The van der Waals surface area contributed by atoms with E-state index in [0.29, 0.717) is 32.7 Å². The molecule has 2 aromatic rings. The quantitative estimate of drug-likeness (QED) is 0.562. The molecule has 1 saturated heterocycles. The van der Waals surface area contributed by atoms with Gasteiger partial charge in [-0.25, -0.2) is 8.42 Å². The number of nitro groups is 1. The minimum absolute atomic E-state index is 0.0693. The molecule has 0 N–H and O–H groups in total. The molecular weight excluding hydrogens is 366 g/mol. The first-order chi connectivity index (χ1) is 12.9. The Morgan fingerprint density at radius 2 is 1.59 bits per heavy atom. The molecule has 27 heavy (non-hydrogen) atoms. The Morgan fingerprint density at radius 1 is 0.963 bits per heavy atom. The van der Waals surface area contributed by atoms with Crippen molar-refractivity contribution in [2.45, 2.75) is 6.54 Å². The maximum absolute atomic E-state index is 12.5. The van der Waals surface area contributed by atoms with Crippen LogP contribution in [0.1, 0.15) is 11.1 Å². The molecular formula is C19H21N3O4S. The Bertz CT molecular complexity index is 904. The van der Waals surface area contributed by atoms with Crippen molar-refractivity contribution in [3.63, 3.8) is 0 Å². The molecule has 0 amide bonds. The molecule has 1 aliphatic heterocycles. The number of non-ortho nitro benzene ring substituents is 1. The van der Waals surface area contributed by atoms with Gasteiger partial charge in [0.15, 0.2) is 0 Å². The van der Waals surface area contributed by atoms with E-state index in [1.54, 1.807) is 18.2 Å². The van der Waals surface area contributed by atoms with Crippen LogP contribution in [0.15, 0.2) is 60.0 Å². The summed E-state index contributed by atoms with van der Waals surface area (Å²) in [6, 6.07) is 15.8. The Balaban J connectivity index is 1.55. The smallest absolute Gasteiger partial charge is 0.269 e. The fourth-order valence-electron chi connectivity index (χ4n) is 2.94. The third-order valence-electron chi connectivity index (χ3n) is 4.48. The van der Waals surface area contributed by atoms with Gasteiger partial charge in [-0.15, -0.1) is 0 Å². The molecule has 0 radical (unpaired) electrons. The van der Waals surface area contributed by atoms with E-state index in [4.69, 9.17) is 0 Å². The Labute approximate surface area is 158 Å². The van der Waals surface area contributed by atoms with Gasteiger partial charge in [0.2, 0.25) is 10.0 Å². The summed E-state index contributed by atoms with van der Waals surface area (Å²) >= 11 is 0. The number of piperazine rings is 1. The van der Waals surface area contributed by atoms with Crippen LogP contribution in [0.2, 0.25) is 0 Å².